The normalized spacial score (nSPS) is 27.4. The van der Waals surface area contributed by atoms with Crippen molar-refractivity contribution in [2.24, 2.45) is 5.92 Å². The van der Waals surface area contributed by atoms with Crippen LogP contribution in [0.25, 0.3) is 0 Å². The lowest BCUT2D eigenvalue weighted by molar-refractivity contribution is 0.183. The highest BCUT2D eigenvalue weighted by Gasteiger charge is 2.24. The maximum absolute atomic E-state index is 2.60. The van der Waals surface area contributed by atoms with Gasteiger partial charge in [-0.15, -0.1) is 0 Å². The summed E-state index contributed by atoms with van der Waals surface area (Å²) in [6.45, 7) is 4.59. The third kappa shape index (κ3) is 3.93. The van der Waals surface area contributed by atoms with E-state index in [2.05, 4.69) is 38.9 Å². The standard InChI is InChI=1S/C15H29N/c1-5-9-13(6-2)12-14-10-7-8-11-15(14)16(3)4/h12,14-15H,5-11H2,1-4H3/b13-12-. The maximum Gasteiger partial charge on any atom is 0.0152 e. The molecule has 0 heterocycles. The van der Waals surface area contributed by atoms with E-state index in [9.17, 15) is 0 Å². The van der Waals surface area contributed by atoms with Crippen LogP contribution >= 0.6 is 0 Å². The number of hydrogen-bond acceptors (Lipinski definition) is 1. The Labute approximate surface area is 102 Å². The Kier molecular flexibility index (Phi) is 6.12. The zero-order chi connectivity index (χ0) is 12.0. The fraction of sp³-hybridized carbons (Fsp3) is 0.867. The minimum absolute atomic E-state index is 0.784. The minimum atomic E-state index is 0.784. The number of rotatable bonds is 5. The zero-order valence-corrected chi connectivity index (χ0v) is 11.6. The van der Waals surface area contributed by atoms with E-state index in [0.29, 0.717) is 0 Å². The molecule has 0 aromatic heterocycles. The van der Waals surface area contributed by atoms with Gasteiger partial charge in [0.15, 0.2) is 0 Å². The lowest BCUT2D eigenvalue weighted by atomic mass is 9.82. The molecular weight excluding hydrogens is 194 g/mol. The van der Waals surface area contributed by atoms with Crippen molar-refractivity contribution in [1.82, 2.24) is 4.90 Å². The molecule has 0 aromatic rings. The van der Waals surface area contributed by atoms with Crippen LogP contribution < -0.4 is 0 Å². The molecule has 1 heteroatoms. The SMILES string of the molecule is CCC/C(=C\C1CCCCC1N(C)C)CC. The molecule has 16 heavy (non-hydrogen) atoms. The van der Waals surface area contributed by atoms with Crippen LogP contribution in [-0.2, 0) is 0 Å². The van der Waals surface area contributed by atoms with Gasteiger partial charge in [-0.25, -0.2) is 0 Å². The molecule has 1 rings (SSSR count). The topological polar surface area (TPSA) is 3.24 Å². The molecule has 2 atom stereocenters. The van der Waals surface area contributed by atoms with E-state index in [1.807, 2.05) is 0 Å². The molecule has 0 bridgehead atoms. The van der Waals surface area contributed by atoms with Crippen LogP contribution in [0.15, 0.2) is 11.6 Å². The van der Waals surface area contributed by atoms with E-state index >= 15 is 0 Å². The molecular formula is C15H29N. The zero-order valence-electron chi connectivity index (χ0n) is 11.6. The number of nitrogens with zero attached hydrogens (tertiary/aromatic N) is 1. The molecule has 0 radical (unpaired) electrons. The van der Waals surface area contributed by atoms with Gasteiger partial charge < -0.3 is 4.90 Å². The van der Waals surface area contributed by atoms with Crippen LogP contribution in [0.5, 0.6) is 0 Å². The van der Waals surface area contributed by atoms with Gasteiger partial charge in [-0.2, -0.15) is 0 Å². The van der Waals surface area contributed by atoms with Crippen LogP contribution in [0.3, 0.4) is 0 Å². The van der Waals surface area contributed by atoms with Gasteiger partial charge in [0, 0.05) is 6.04 Å². The van der Waals surface area contributed by atoms with Crippen molar-refractivity contribution in [2.75, 3.05) is 14.1 Å². The molecule has 0 amide bonds. The van der Waals surface area contributed by atoms with Gasteiger partial charge in [0.1, 0.15) is 0 Å². The Morgan fingerprint density at radius 3 is 2.44 bits per heavy atom. The van der Waals surface area contributed by atoms with E-state index in [1.165, 1.54) is 44.9 Å². The van der Waals surface area contributed by atoms with E-state index in [-0.39, 0.29) is 0 Å². The lowest BCUT2D eigenvalue weighted by Gasteiger charge is -2.35. The minimum Gasteiger partial charge on any atom is -0.306 e. The Hall–Kier alpha value is -0.300. The molecule has 0 aliphatic heterocycles. The van der Waals surface area contributed by atoms with Gasteiger partial charge >= 0.3 is 0 Å². The molecule has 0 spiro atoms. The first kappa shape index (κ1) is 13.8. The summed E-state index contributed by atoms with van der Waals surface area (Å²) < 4.78 is 0. The summed E-state index contributed by atoms with van der Waals surface area (Å²) in [4.78, 5) is 2.43. The Morgan fingerprint density at radius 1 is 1.19 bits per heavy atom. The van der Waals surface area contributed by atoms with Gasteiger partial charge in [0.2, 0.25) is 0 Å². The molecule has 1 aliphatic carbocycles. The molecule has 0 aromatic carbocycles. The van der Waals surface area contributed by atoms with Gasteiger partial charge in [-0.1, -0.05) is 44.8 Å². The first-order chi connectivity index (χ1) is 7.69. The summed E-state index contributed by atoms with van der Waals surface area (Å²) in [7, 11) is 4.48. The summed E-state index contributed by atoms with van der Waals surface area (Å²) in [6, 6.07) is 0.784. The summed E-state index contributed by atoms with van der Waals surface area (Å²) in [6.07, 6.45) is 12.1. The van der Waals surface area contributed by atoms with Crippen molar-refractivity contribution in [1.29, 1.82) is 0 Å². The summed E-state index contributed by atoms with van der Waals surface area (Å²) in [5, 5.41) is 0. The maximum atomic E-state index is 2.60. The van der Waals surface area contributed by atoms with Crippen molar-refractivity contribution in [2.45, 2.75) is 64.8 Å². The molecule has 94 valence electrons. The highest BCUT2D eigenvalue weighted by molar-refractivity contribution is 5.07. The highest BCUT2D eigenvalue weighted by Crippen LogP contribution is 2.30. The third-order valence-corrected chi connectivity index (χ3v) is 3.92. The van der Waals surface area contributed by atoms with Gasteiger partial charge in [-0.3, -0.25) is 0 Å². The molecule has 0 saturated heterocycles. The van der Waals surface area contributed by atoms with Gasteiger partial charge in [0.05, 0.1) is 0 Å². The van der Waals surface area contributed by atoms with E-state index in [4.69, 9.17) is 0 Å². The predicted molar refractivity (Wildman–Crippen MR) is 72.7 cm³/mol. The number of hydrogen-bond donors (Lipinski definition) is 0. The van der Waals surface area contributed by atoms with Gasteiger partial charge in [0.25, 0.3) is 0 Å². The first-order valence-corrected chi connectivity index (χ1v) is 7.05. The predicted octanol–water partition coefficient (Wildman–Crippen LogP) is 4.24. The molecule has 2 unspecified atom stereocenters. The van der Waals surface area contributed by atoms with Crippen molar-refractivity contribution < 1.29 is 0 Å². The quantitative estimate of drug-likeness (QED) is 0.630. The fourth-order valence-corrected chi connectivity index (χ4v) is 2.98. The van der Waals surface area contributed by atoms with E-state index in [1.54, 1.807) is 5.57 Å². The lowest BCUT2D eigenvalue weighted by Crippen LogP contribution is -2.36. The summed E-state index contributed by atoms with van der Waals surface area (Å²) in [5.41, 5.74) is 1.68. The van der Waals surface area contributed by atoms with Crippen LogP contribution in [0, 0.1) is 5.92 Å². The van der Waals surface area contributed by atoms with Crippen LogP contribution in [-0.4, -0.2) is 25.0 Å². The Morgan fingerprint density at radius 2 is 1.88 bits per heavy atom. The second kappa shape index (κ2) is 7.11. The van der Waals surface area contributed by atoms with Crippen LogP contribution in [0.4, 0.5) is 0 Å². The average molecular weight is 223 g/mol. The van der Waals surface area contributed by atoms with E-state index < -0.39 is 0 Å². The van der Waals surface area contributed by atoms with Crippen molar-refractivity contribution in [3.63, 3.8) is 0 Å². The van der Waals surface area contributed by atoms with Crippen LogP contribution in [0.1, 0.15) is 58.8 Å². The van der Waals surface area contributed by atoms with Crippen molar-refractivity contribution in [3.8, 4) is 0 Å². The van der Waals surface area contributed by atoms with Crippen molar-refractivity contribution >= 4 is 0 Å². The largest absolute Gasteiger partial charge is 0.306 e. The summed E-state index contributed by atoms with van der Waals surface area (Å²) >= 11 is 0. The molecule has 1 aliphatic rings. The molecule has 1 fully saturated rings. The third-order valence-electron chi connectivity index (χ3n) is 3.92. The summed E-state index contributed by atoms with van der Waals surface area (Å²) in [5.74, 6) is 0.810. The molecule has 0 N–H and O–H groups in total. The van der Waals surface area contributed by atoms with E-state index in [0.717, 1.165) is 12.0 Å². The second-order valence-corrected chi connectivity index (χ2v) is 5.41. The molecule has 1 nitrogen and oxygen atoms in total. The van der Waals surface area contributed by atoms with Gasteiger partial charge in [-0.05, 0) is 45.7 Å². The number of allylic oxidation sites excluding steroid dienone is 1. The Balaban J connectivity index is 2.66. The average Bonchev–Trinajstić information content (AvgIpc) is 2.29. The van der Waals surface area contributed by atoms with Crippen molar-refractivity contribution in [3.05, 3.63) is 11.6 Å². The first-order valence-electron chi connectivity index (χ1n) is 7.05. The smallest absolute Gasteiger partial charge is 0.0152 e. The van der Waals surface area contributed by atoms with Crippen LogP contribution in [0.2, 0.25) is 0 Å². The highest BCUT2D eigenvalue weighted by atomic mass is 15.1. The second-order valence-electron chi connectivity index (χ2n) is 5.41. The molecule has 1 saturated carbocycles. The Bertz CT molecular complexity index is 217. The fourth-order valence-electron chi connectivity index (χ4n) is 2.98. The monoisotopic (exact) mass is 223 g/mol.